The van der Waals surface area contributed by atoms with Crippen LogP contribution in [-0.4, -0.2) is 37.1 Å². The van der Waals surface area contributed by atoms with E-state index in [9.17, 15) is 4.79 Å². The number of hydrogen-bond acceptors (Lipinski definition) is 7. The highest BCUT2D eigenvalue weighted by Gasteiger charge is 2.35. The summed E-state index contributed by atoms with van der Waals surface area (Å²) in [6, 6.07) is 16.5. The third kappa shape index (κ3) is 2.59. The van der Waals surface area contributed by atoms with Crippen LogP contribution in [0.3, 0.4) is 0 Å². The Hall–Kier alpha value is -4.01. The zero-order chi connectivity index (χ0) is 20.0. The summed E-state index contributed by atoms with van der Waals surface area (Å²) in [6.07, 6.45) is 0. The quantitative estimate of drug-likeness (QED) is 0.507. The molecule has 9 nitrogen and oxygen atoms in total. The maximum atomic E-state index is 13.4. The topological polar surface area (TPSA) is 99.8 Å². The van der Waals surface area contributed by atoms with E-state index in [-0.39, 0.29) is 5.56 Å². The number of tetrazole rings is 1. The van der Waals surface area contributed by atoms with Crippen LogP contribution in [0.15, 0.2) is 59.4 Å². The predicted molar refractivity (Wildman–Crippen MR) is 106 cm³/mol. The Kier molecular flexibility index (Phi) is 3.87. The van der Waals surface area contributed by atoms with E-state index < -0.39 is 6.04 Å². The normalized spacial score (nSPS) is 14.6. The van der Waals surface area contributed by atoms with Gasteiger partial charge in [0.15, 0.2) is 0 Å². The van der Waals surface area contributed by atoms with Gasteiger partial charge in [0.2, 0.25) is 5.95 Å². The molecule has 2 aromatic carbocycles. The molecular formula is C20H17N7O2. The van der Waals surface area contributed by atoms with Crippen LogP contribution in [-0.2, 0) is 0 Å². The van der Waals surface area contributed by atoms with E-state index in [0.717, 1.165) is 5.56 Å². The molecule has 1 N–H and O–H groups in total. The Morgan fingerprint density at radius 1 is 1.07 bits per heavy atom. The summed E-state index contributed by atoms with van der Waals surface area (Å²) in [5.41, 5.74) is 3.06. The standard InChI is InChI=1S/C20H17N7O2/c1-12-16-17(19(28)26(23-12)13-8-4-3-5-9-13)21-20-22-24-25-27(20)18(16)14-10-6-7-11-15(14)29-2/h3-11,18H,1-2H3,(H,21,22,25)/t18-/m1/s1. The summed E-state index contributed by atoms with van der Waals surface area (Å²) in [4.78, 5) is 13.4. The molecule has 0 saturated heterocycles. The molecule has 0 spiro atoms. The van der Waals surface area contributed by atoms with Crippen molar-refractivity contribution in [3.05, 3.63) is 81.8 Å². The molecular weight excluding hydrogens is 370 g/mol. The lowest BCUT2D eigenvalue weighted by atomic mass is 9.94. The molecule has 0 saturated carbocycles. The molecule has 144 valence electrons. The molecule has 1 aliphatic heterocycles. The second-order valence-corrected chi connectivity index (χ2v) is 6.64. The molecule has 9 heteroatoms. The number of hydrogen-bond donors (Lipinski definition) is 1. The van der Waals surface area contributed by atoms with Gasteiger partial charge in [-0.05, 0) is 35.5 Å². The molecule has 3 heterocycles. The summed E-state index contributed by atoms with van der Waals surface area (Å²) < 4.78 is 8.59. The zero-order valence-electron chi connectivity index (χ0n) is 15.8. The number of aryl methyl sites for hydroxylation is 1. The van der Waals surface area contributed by atoms with E-state index in [1.807, 2.05) is 61.5 Å². The molecule has 1 aliphatic rings. The minimum atomic E-state index is -0.446. The van der Waals surface area contributed by atoms with Gasteiger partial charge in [-0.25, -0.2) is 0 Å². The zero-order valence-corrected chi connectivity index (χ0v) is 15.8. The average Bonchev–Trinajstić information content (AvgIpc) is 3.24. The number of anilines is 2. The van der Waals surface area contributed by atoms with Crippen molar-refractivity contribution in [3.8, 4) is 11.4 Å². The molecule has 1 atom stereocenters. The summed E-state index contributed by atoms with van der Waals surface area (Å²) in [5.74, 6) is 1.06. The first-order chi connectivity index (χ1) is 14.2. The maximum Gasteiger partial charge on any atom is 0.295 e. The van der Waals surface area contributed by atoms with Gasteiger partial charge in [-0.1, -0.05) is 41.5 Å². The van der Waals surface area contributed by atoms with Crippen LogP contribution in [0.25, 0.3) is 5.69 Å². The second-order valence-electron chi connectivity index (χ2n) is 6.64. The van der Waals surface area contributed by atoms with Crippen LogP contribution in [0, 0.1) is 6.92 Å². The van der Waals surface area contributed by atoms with Gasteiger partial charge in [-0.3, -0.25) is 4.79 Å². The monoisotopic (exact) mass is 387 g/mol. The minimum Gasteiger partial charge on any atom is -0.496 e. The Morgan fingerprint density at radius 3 is 2.62 bits per heavy atom. The van der Waals surface area contributed by atoms with E-state index >= 15 is 0 Å². The van der Waals surface area contributed by atoms with Crippen LogP contribution >= 0.6 is 0 Å². The fraction of sp³-hybridized carbons (Fsp3) is 0.150. The Labute approximate surface area is 165 Å². The largest absolute Gasteiger partial charge is 0.496 e. The van der Waals surface area contributed by atoms with Crippen LogP contribution < -0.4 is 15.6 Å². The molecule has 0 radical (unpaired) electrons. The second kappa shape index (κ2) is 6.55. The summed E-state index contributed by atoms with van der Waals surface area (Å²) in [6.45, 7) is 1.87. The molecule has 0 unspecified atom stereocenters. The molecule has 29 heavy (non-hydrogen) atoms. The van der Waals surface area contributed by atoms with Crippen molar-refractivity contribution < 1.29 is 4.74 Å². The highest BCUT2D eigenvalue weighted by atomic mass is 16.5. The SMILES string of the molecule is COc1ccccc1[C@@H]1c2c(C)nn(-c3ccccc3)c(=O)c2Nc2nnnn21. The van der Waals surface area contributed by atoms with Gasteiger partial charge in [-0.15, -0.1) is 0 Å². The number of methoxy groups -OCH3 is 1. The first-order valence-electron chi connectivity index (χ1n) is 9.06. The van der Waals surface area contributed by atoms with Gasteiger partial charge >= 0.3 is 0 Å². The molecule has 0 aliphatic carbocycles. The highest BCUT2D eigenvalue weighted by molar-refractivity contribution is 5.66. The van der Waals surface area contributed by atoms with Gasteiger partial charge in [0.05, 0.1) is 18.5 Å². The molecule has 2 aromatic heterocycles. The lowest BCUT2D eigenvalue weighted by Crippen LogP contribution is -2.33. The van der Waals surface area contributed by atoms with Crippen LogP contribution in [0.5, 0.6) is 5.75 Å². The van der Waals surface area contributed by atoms with E-state index in [1.165, 1.54) is 4.68 Å². The number of aromatic nitrogens is 6. The van der Waals surface area contributed by atoms with E-state index in [0.29, 0.717) is 34.3 Å². The Bertz CT molecular complexity index is 1260. The number of rotatable bonds is 3. The lowest BCUT2D eigenvalue weighted by Gasteiger charge is -2.28. The smallest absolute Gasteiger partial charge is 0.295 e. The van der Waals surface area contributed by atoms with Crippen molar-refractivity contribution in [1.29, 1.82) is 0 Å². The van der Waals surface area contributed by atoms with E-state index in [4.69, 9.17) is 4.74 Å². The van der Waals surface area contributed by atoms with Crippen molar-refractivity contribution in [2.75, 3.05) is 12.4 Å². The molecule has 0 amide bonds. The maximum absolute atomic E-state index is 13.4. The van der Waals surface area contributed by atoms with Crippen LogP contribution in [0.4, 0.5) is 11.6 Å². The summed E-state index contributed by atoms with van der Waals surface area (Å²) >= 11 is 0. The summed E-state index contributed by atoms with van der Waals surface area (Å²) in [5, 5.41) is 19.6. The number of para-hydroxylation sites is 2. The number of nitrogens with one attached hydrogen (secondary N) is 1. The number of ether oxygens (including phenoxy) is 1. The molecule has 5 rings (SSSR count). The number of fused-ring (bicyclic) bond motifs is 2. The fourth-order valence-electron chi connectivity index (χ4n) is 3.71. The minimum absolute atomic E-state index is 0.272. The number of nitrogens with zero attached hydrogens (tertiary/aromatic N) is 6. The molecule has 0 bridgehead atoms. The molecule has 4 aromatic rings. The third-order valence-corrected chi connectivity index (χ3v) is 5.00. The van der Waals surface area contributed by atoms with Gasteiger partial charge in [0.1, 0.15) is 17.5 Å². The first kappa shape index (κ1) is 17.1. The van der Waals surface area contributed by atoms with E-state index in [1.54, 1.807) is 11.8 Å². The molecule has 0 fully saturated rings. The van der Waals surface area contributed by atoms with Crippen LogP contribution in [0.2, 0.25) is 0 Å². The van der Waals surface area contributed by atoms with Gasteiger partial charge in [0, 0.05) is 11.1 Å². The third-order valence-electron chi connectivity index (χ3n) is 5.00. The average molecular weight is 387 g/mol. The lowest BCUT2D eigenvalue weighted by molar-refractivity contribution is 0.402. The van der Waals surface area contributed by atoms with Crippen molar-refractivity contribution in [2.45, 2.75) is 13.0 Å². The fourth-order valence-corrected chi connectivity index (χ4v) is 3.71. The summed E-state index contributed by atoms with van der Waals surface area (Å²) in [7, 11) is 1.61. The van der Waals surface area contributed by atoms with Gasteiger partial charge < -0.3 is 10.1 Å². The van der Waals surface area contributed by atoms with Crippen molar-refractivity contribution >= 4 is 11.6 Å². The van der Waals surface area contributed by atoms with Crippen LogP contribution in [0.1, 0.15) is 22.9 Å². The van der Waals surface area contributed by atoms with Crippen molar-refractivity contribution in [2.24, 2.45) is 0 Å². The first-order valence-corrected chi connectivity index (χ1v) is 9.06. The number of benzene rings is 2. The highest BCUT2D eigenvalue weighted by Crippen LogP contribution is 2.41. The Morgan fingerprint density at radius 2 is 1.83 bits per heavy atom. The predicted octanol–water partition coefficient (Wildman–Crippen LogP) is 2.23. The van der Waals surface area contributed by atoms with Gasteiger partial charge in [0.25, 0.3) is 5.56 Å². The van der Waals surface area contributed by atoms with E-state index in [2.05, 4.69) is 25.9 Å². The van der Waals surface area contributed by atoms with Crippen molar-refractivity contribution in [1.82, 2.24) is 30.0 Å². The van der Waals surface area contributed by atoms with Gasteiger partial charge in [-0.2, -0.15) is 14.5 Å². The Balaban J connectivity index is 1.80. The van der Waals surface area contributed by atoms with Crippen molar-refractivity contribution in [3.63, 3.8) is 0 Å².